The zero-order valence-electron chi connectivity index (χ0n) is 16.4. The third kappa shape index (κ3) is 4.73. The largest absolute Gasteiger partial charge is 0.487 e. The Morgan fingerprint density at radius 1 is 0.733 bits per heavy atom. The Morgan fingerprint density at radius 3 is 2.10 bits per heavy atom. The highest BCUT2D eigenvalue weighted by Gasteiger charge is 2.19. The predicted molar refractivity (Wildman–Crippen MR) is 116 cm³/mol. The van der Waals surface area contributed by atoms with Gasteiger partial charge in [-0.25, -0.2) is 4.79 Å². The van der Waals surface area contributed by atoms with E-state index in [9.17, 15) is 4.79 Å². The van der Waals surface area contributed by atoms with Crippen molar-refractivity contribution in [2.45, 2.75) is 13.2 Å². The first kappa shape index (κ1) is 19.4. The third-order valence-electron chi connectivity index (χ3n) is 4.65. The predicted octanol–water partition coefficient (Wildman–Crippen LogP) is 5.68. The third-order valence-corrected chi connectivity index (χ3v) is 4.65. The van der Waals surface area contributed by atoms with Crippen molar-refractivity contribution in [3.63, 3.8) is 0 Å². The maximum absolute atomic E-state index is 12.9. The Hall–Kier alpha value is -3.92. The molecule has 4 nitrogen and oxygen atoms in total. The van der Waals surface area contributed by atoms with Crippen LogP contribution in [0.4, 0.5) is 0 Å². The highest BCUT2D eigenvalue weighted by molar-refractivity contribution is 5.95. The second kappa shape index (κ2) is 9.52. The molecule has 0 fully saturated rings. The summed E-state index contributed by atoms with van der Waals surface area (Å²) < 4.78 is 11.7. The summed E-state index contributed by atoms with van der Waals surface area (Å²) in [6.45, 7) is 0.548. The van der Waals surface area contributed by atoms with Crippen molar-refractivity contribution >= 4 is 5.97 Å². The van der Waals surface area contributed by atoms with Gasteiger partial charge in [0.05, 0.1) is 0 Å². The number of rotatable bonds is 7. The molecule has 0 atom stereocenters. The summed E-state index contributed by atoms with van der Waals surface area (Å²) in [5.41, 5.74) is 4.01. The Labute approximate surface area is 175 Å². The second-order valence-corrected chi connectivity index (χ2v) is 6.76. The minimum Gasteiger partial charge on any atom is -0.487 e. The summed E-state index contributed by atoms with van der Waals surface area (Å²) in [4.78, 5) is 17.1. The van der Waals surface area contributed by atoms with Gasteiger partial charge in [0.25, 0.3) is 0 Å². The number of hydrogen-bond donors (Lipinski definition) is 0. The monoisotopic (exact) mass is 395 g/mol. The van der Waals surface area contributed by atoms with E-state index in [0.29, 0.717) is 17.9 Å². The molecule has 0 unspecified atom stereocenters. The van der Waals surface area contributed by atoms with Crippen LogP contribution in [0.1, 0.15) is 21.5 Å². The van der Waals surface area contributed by atoms with E-state index in [2.05, 4.69) is 4.98 Å². The number of hydrogen-bond acceptors (Lipinski definition) is 4. The summed E-state index contributed by atoms with van der Waals surface area (Å²) in [6, 6.07) is 28.7. The van der Waals surface area contributed by atoms with E-state index in [4.69, 9.17) is 9.47 Å². The fourth-order valence-corrected chi connectivity index (χ4v) is 3.13. The van der Waals surface area contributed by atoms with Crippen molar-refractivity contribution in [2.24, 2.45) is 0 Å². The number of ether oxygens (including phenoxy) is 2. The molecule has 0 amide bonds. The van der Waals surface area contributed by atoms with Gasteiger partial charge < -0.3 is 9.47 Å². The SMILES string of the molecule is O=C(OCc1ccccc1)c1cccc(-c2cccnc2)c1OCc1ccccc1. The molecule has 4 aromatic rings. The molecular weight excluding hydrogens is 374 g/mol. The molecule has 148 valence electrons. The summed E-state index contributed by atoms with van der Waals surface area (Å²) in [5, 5.41) is 0. The molecule has 0 spiro atoms. The Bertz CT molecular complexity index is 1100. The van der Waals surface area contributed by atoms with Crippen molar-refractivity contribution in [3.8, 4) is 16.9 Å². The van der Waals surface area contributed by atoms with Gasteiger partial charge in [-0.1, -0.05) is 78.9 Å². The first-order valence-electron chi connectivity index (χ1n) is 9.72. The second-order valence-electron chi connectivity index (χ2n) is 6.76. The number of para-hydroxylation sites is 1. The van der Waals surface area contributed by atoms with E-state index in [0.717, 1.165) is 22.3 Å². The maximum Gasteiger partial charge on any atom is 0.342 e. The van der Waals surface area contributed by atoms with E-state index < -0.39 is 5.97 Å². The number of carbonyl (C=O) groups excluding carboxylic acids is 1. The highest BCUT2D eigenvalue weighted by atomic mass is 16.5. The van der Waals surface area contributed by atoms with E-state index in [1.807, 2.05) is 84.9 Å². The molecule has 0 radical (unpaired) electrons. The van der Waals surface area contributed by atoms with Crippen molar-refractivity contribution in [3.05, 3.63) is 120 Å². The molecular formula is C26H21NO3. The molecule has 0 aliphatic rings. The number of carbonyl (C=O) groups is 1. The van der Waals surface area contributed by atoms with E-state index >= 15 is 0 Å². The lowest BCUT2D eigenvalue weighted by molar-refractivity contribution is 0.0467. The van der Waals surface area contributed by atoms with Gasteiger partial charge in [-0.15, -0.1) is 0 Å². The first-order valence-corrected chi connectivity index (χ1v) is 9.72. The van der Waals surface area contributed by atoms with Gasteiger partial charge in [-0.2, -0.15) is 0 Å². The molecule has 0 aliphatic carbocycles. The quantitative estimate of drug-likeness (QED) is 0.378. The minimum atomic E-state index is -0.423. The highest BCUT2D eigenvalue weighted by Crippen LogP contribution is 2.34. The average Bonchev–Trinajstić information content (AvgIpc) is 2.83. The zero-order chi connectivity index (χ0) is 20.6. The molecule has 0 aliphatic heterocycles. The van der Waals surface area contributed by atoms with Gasteiger partial charge in [0.15, 0.2) is 0 Å². The molecule has 0 N–H and O–H groups in total. The van der Waals surface area contributed by atoms with Gasteiger partial charge >= 0.3 is 5.97 Å². The van der Waals surface area contributed by atoms with Crippen LogP contribution in [-0.4, -0.2) is 11.0 Å². The van der Waals surface area contributed by atoms with Crippen LogP contribution in [-0.2, 0) is 18.0 Å². The van der Waals surface area contributed by atoms with E-state index in [1.165, 1.54) is 0 Å². The van der Waals surface area contributed by atoms with Crippen molar-refractivity contribution in [1.29, 1.82) is 0 Å². The fourth-order valence-electron chi connectivity index (χ4n) is 3.13. The van der Waals surface area contributed by atoms with Gasteiger partial charge in [0.1, 0.15) is 24.5 Å². The summed E-state index contributed by atoms with van der Waals surface area (Å²) in [5.74, 6) is 0.0695. The number of nitrogens with zero attached hydrogens (tertiary/aromatic N) is 1. The minimum absolute atomic E-state index is 0.203. The lowest BCUT2D eigenvalue weighted by atomic mass is 10.0. The van der Waals surface area contributed by atoms with Crippen LogP contribution in [0, 0.1) is 0 Å². The molecule has 4 rings (SSSR count). The topological polar surface area (TPSA) is 48.4 Å². The number of aromatic nitrogens is 1. The Kier molecular flexibility index (Phi) is 6.16. The average molecular weight is 395 g/mol. The fraction of sp³-hybridized carbons (Fsp3) is 0.0769. The lowest BCUT2D eigenvalue weighted by Gasteiger charge is -2.16. The van der Waals surface area contributed by atoms with Crippen LogP contribution >= 0.6 is 0 Å². The van der Waals surface area contributed by atoms with Crippen molar-refractivity contribution in [1.82, 2.24) is 4.98 Å². The van der Waals surface area contributed by atoms with E-state index in [-0.39, 0.29) is 6.61 Å². The molecule has 1 heterocycles. The summed E-state index contributed by atoms with van der Waals surface area (Å²) in [7, 11) is 0. The first-order chi connectivity index (χ1) is 14.8. The standard InChI is InChI=1S/C26H21NO3/c28-26(30-19-21-11-5-2-6-12-21)24-15-7-14-23(22-13-8-16-27-17-22)25(24)29-18-20-9-3-1-4-10-20/h1-17H,18-19H2. The van der Waals surface area contributed by atoms with Crippen LogP contribution < -0.4 is 4.74 Å². The normalized spacial score (nSPS) is 10.4. The smallest absolute Gasteiger partial charge is 0.342 e. The van der Waals surface area contributed by atoms with Gasteiger partial charge in [0, 0.05) is 23.5 Å². The molecule has 0 saturated heterocycles. The molecule has 30 heavy (non-hydrogen) atoms. The molecule has 1 aromatic heterocycles. The van der Waals surface area contributed by atoms with Crippen LogP contribution in [0.3, 0.4) is 0 Å². The molecule has 0 saturated carbocycles. The molecule has 0 bridgehead atoms. The summed E-state index contributed by atoms with van der Waals surface area (Å²) >= 11 is 0. The van der Waals surface area contributed by atoms with Crippen molar-refractivity contribution < 1.29 is 14.3 Å². The lowest BCUT2D eigenvalue weighted by Crippen LogP contribution is -2.09. The van der Waals surface area contributed by atoms with E-state index in [1.54, 1.807) is 18.5 Å². The van der Waals surface area contributed by atoms with Crippen LogP contribution in [0.2, 0.25) is 0 Å². The Balaban J connectivity index is 1.63. The maximum atomic E-state index is 12.9. The van der Waals surface area contributed by atoms with Crippen LogP contribution in [0.25, 0.3) is 11.1 Å². The van der Waals surface area contributed by atoms with Crippen LogP contribution in [0.5, 0.6) is 5.75 Å². The molecule has 4 heteroatoms. The number of pyridine rings is 1. The zero-order valence-corrected chi connectivity index (χ0v) is 16.4. The molecule has 3 aromatic carbocycles. The number of esters is 1. The van der Waals surface area contributed by atoms with Gasteiger partial charge in [-0.05, 0) is 23.3 Å². The number of benzene rings is 3. The van der Waals surface area contributed by atoms with Crippen molar-refractivity contribution in [2.75, 3.05) is 0 Å². The van der Waals surface area contributed by atoms with Crippen LogP contribution in [0.15, 0.2) is 103 Å². The van der Waals surface area contributed by atoms with Gasteiger partial charge in [0.2, 0.25) is 0 Å². The summed E-state index contributed by atoms with van der Waals surface area (Å²) in [6.07, 6.45) is 3.47. The van der Waals surface area contributed by atoms with Gasteiger partial charge in [-0.3, -0.25) is 4.98 Å². The Morgan fingerprint density at radius 2 is 1.43 bits per heavy atom.